The van der Waals surface area contributed by atoms with Crippen LogP contribution in [-0.2, 0) is 76.3 Å². The number of rotatable bonds is 23. The molecule has 4 aliphatic carbocycles. The second-order valence-corrected chi connectivity index (χ2v) is 23.9. The van der Waals surface area contributed by atoms with Crippen LogP contribution in [0.25, 0.3) is 0 Å². The highest BCUT2D eigenvalue weighted by atomic mass is 16.6. The summed E-state index contributed by atoms with van der Waals surface area (Å²) in [4.78, 5) is 93.6. The first-order valence-electron chi connectivity index (χ1n) is 29.7. The third-order valence-corrected chi connectivity index (χ3v) is 16.4. The highest BCUT2D eigenvalue weighted by Crippen LogP contribution is 2.37. The van der Waals surface area contributed by atoms with Gasteiger partial charge in [-0.15, -0.1) is 0 Å². The summed E-state index contributed by atoms with van der Waals surface area (Å²) < 4.78 is 42.3. The van der Waals surface area contributed by atoms with Crippen LogP contribution in [0.4, 0.5) is 0 Å². The summed E-state index contributed by atoms with van der Waals surface area (Å²) in [5, 5.41) is 0. The summed E-state index contributed by atoms with van der Waals surface area (Å²) in [5.74, 6) is -3.12. The maximum atomic E-state index is 11.9. The lowest BCUT2D eigenvalue weighted by Gasteiger charge is -2.36. The maximum Gasteiger partial charge on any atom is 0.344 e. The van der Waals surface area contributed by atoms with Gasteiger partial charge < -0.3 is 37.9 Å². The molecule has 0 aromatic rings. The van der Waals surface area contributed by atoms with Crippen molar-refractivity contribution in [1.82, 2.24) is 0 Å². The molecule has 2 atom stereocenters. The molecule has 16 nitrogen and oxygen atoms in total. The second-order valence-electron chi connectivity index (χ2n) is 23.9. The fourth-order valence-corrected chi connectivity index (χ4v) is 9.33. The number of carbonyl (C=O) groups is 8. The average Bonchev–Trinajstić information content (AvgIpc) is 3.41. The standard InChI is InChI=1S/2C16H28O4.C15H26O4.C14H24O4.8CH4/c1-5-15(2,3)14(18)19-12-9-13(17)20-16(4)10-7-6-8-11-16;1-5-15(3,4)14(18)19-12-13(17)20-16(6-2)10-8-7-9-11-16;1-4-12(3)14(17)18-11-13(16)19-15(5-2)9-7-6-8-10-15;1-4-11(2)13(16)17-10-12(15)18-14(3)8-6-5-7-9-14;;;;;;;;/h2*5-12H2,1-4H3;12H,4-11H2,1-3H3;11H,4-10H2,1-3H3;8*1H4. The lowest BCUT2D eigenvalue weighted by atomic mass is 9.83. The van der Waals surface area contributed by atoms with Crippen molar-refractivity contribution in [2.75, 3.05) is 26.4 Å². The van der Waals surface area contributed by atoms with Gasteiger partial charge >= 0.3 is 47.8 Å². The van der Waals surface area contributed by atoms with Crippen LogP contribution in [0.2, 0.25) is 0 Å². The topological polar surface area (TPSA) is 210 Å². The average molecular weight is 1220 g/mol. The van der Waals surface area contributed by atoms with Gasteiger partial charge in [0, 0.05) is 0 Å². The van der Waals surface area contributed by atoms with Crippen molar-refractivity contribution in [2.24, 2.45) is 22.7 Å². The fraction of sp³-hybridized carbons (Fsp3) is 0.884. The summed E-state index contributed by atoms with van der Waals surface area (Å²) in [6.45, 7) is 26.0. The minimum absolute atomic E-state index is 0. The second kappa shape index (κ2) is 48.7. The Balaban J connectivity index is -0.000000150. The van der Waals surface area contributed by atoms with Crippen molar-refractivity contribution < 1.29 is 76.3 Å². The van der Waals surface area contributed by atoms with Crippen molar-refractivity contribution in [1.29, 1.82) is 0 Å². The first-order chi connectivity index (χ1) is 36.1. The SMILES string of the molecule is C.C.C.C.C.C.C.C.CCC(C)(C)C(=O)OCCC(=O)OC1(C)CCCCC1.CCC(C)C(=O)OCC(=O)OC1(C)CCCCC1.CCC(C)C(=O)OCC(=O)OC1(CC)CCCCC1.CCC1(OC(=O)COC(=O)C(C)(C)CC)CCCCC1. The molecule has 0 spiro atoms. The Hall–Kier alpha value is -4.24. The van der Waals surface area contributed by atoms with E-state index in [9.17, 15) is 38.4 Å². The Morgan fingerprint density at radius 2 is 0.647 bits per heavy atom. The quantitative estimate of drug-likeness (QED) is 0.0688. The summed E-state index contributed by atoms with van der Waals surface area (Å²) >= 11 is 0. The van der Waals surface area contributed by atoms with Crippen molar-refractivity contribution >= 4 is 47.8 Å². The molecule has 0 heterocycles. The highest BCUT2D eigenvalue weighted by Gasteiger charge is 2.37. The number of ether oxygens (including phenoxy) is 8. The van der Waals surface area contributed by atoms with Crippen LogP contribution in [0.3, 0.4) is 0 Å². The summed E-state index contributed by atoms with van der Waals surface area (Å²) in [6, 6.07) is 0. The summed E-state index contributed by atoms with van der Waals surface area (Å²) in [5.41, 5.74) is -2.37. The van der Waals surface area contributed by atoms with Crippen molar-refractivity contribution in [2.45, 2.75) is 352 Å². The van der Waals surface area contributed by atoms with E-state index in [0.29, 0.717) is 25.7 Å². The van der Waals surface area contributed by atoms with Crippen LogP contribution in [0.1, 0.15) is 330 Å². The van der Waals surface area contributed by atoms with Crippen LogP contribution in [0.15, 0.2) is 0 Å². The van der Waals surface area contributed by atoms with Crippen LogP contribution in [0.5, 0.6) is 0 Å². The molecule has 0 saturated heterocycles. The summed E-state index contributed by atoms with van der Waals surface area (Å²) in [7, 11) is 0. The summed E-state index contributed by atoms with van der Waals surface area (Å²) in [6.07, 6.45) is 25.7. The van der Waals surface area contributed by atoms with E-state index in [1.54, 1.807) is 13.8 Å². The molecule has 510 valence electrons. The highest BCUT2D eigenvalue weighted by molar-refractivity contribution is 5.80. The smallest absolute Gasteiger partial charge is 0.344 e. The zero-order valence-corrected chi connectivity index (χ0v) is 50.6. The van der Waals surface area contributed by atoms with E-state index in [-0.39, 0.29) is 156 Å². The lowest BCUT2D eigenvalue weighted by Crippen LogP contribution is -2.38. The molecule has 0 bridgehead atoms. The molecule has 0 N–H and O–H groups in total. The van der Waals surface area contributed by atoms with Gasteiger partial charge in [0.05, 0.1) is 29.1 Å². The molecule has 4 saturated carbocycles. The normalized spacial score (nSPS) is 17.2. The van der Waals surface area contributed by atoms with Crippen LogP contribution in [-0.4, -0.2) is 96.6 Å². The first kappa shape index (κ1) is 97.0. The van der Waals surface area contributed by atoms with Gasteiger partial charge in [-0.25, -0.2) is 14.4 Å². The molecule has 4 rings (SSSR count). The van der Waals surface area contributed by atoms with Gasteiger partial charge in [0.15, 0.2) is 19.8 Å². The van der Waals surface area contributed by atoms with E-state index >= 15 is 0 Å². The third-order valence-electron chi connectivity index (χ3n) is 16.4. The maximum absolute atomic E-state index is 11.9. The molecule has 4 aliphatic rings. The Bertz CT molecular complexity index is 1800. The van der Waals surface area contributed by atoms with Gasteiger partial charge in [-0.2, -0.15) is 0 Å². The molecular formula is C69H138O16. The van der Waals surface area contributed by atoms with Crippen molar-refractivity contribution in [3.8, 4) is 0 Å². The largest absolute Gasteiger partial charge is 0.465 e. The van der Waals surface area contributed by atoms with Gasteiger partial charge in [0.1, 0.15) is 29.0 Å². The Morgan fingerprint density at radius 3 is 0.941 bits per heavy atom. The minimum atomic E-state index is -0.548. The van der Waals surface area contributed by atoms with Gasteiger partial charge in [-0.3, -0.25) is 24.0 Å². The number of hydrogen-bond donors (Lipinski definition) is 0. The molecule has 0 aromatic carbocycles. The van der Waals surface area contributed by atoms with Gasteiger partial charge in [-0.05, 0) is 183 Å². The van der Waals surface area contributed by atoms with E-state index in [4.69, 9.17) is 37.9 Å². The van der Waals surface area contributed by atoms with E-state index in [1.165, 1.54) is 25.7 Å². The lowest BCUT2D eigenvalue weighted by molar-refractivity contribution is -0.176. The van der Waals surface area contributed by atoms with E-state index < -0.39 is 28.7 Å². The Kier molecular flexibility index (Phi) is 55.6. The first-order valence-corrected chi connectivity index (χ1v) is 29.7. The molecule has 85 heavy (non-hydrogen) atoms. The van der Waals surface area contributed by atoms with E-state index in [0.717, 1.165) is 116 Å². The zero-order chi connectivity index (χ0) is 58.4. The van der Waals surface area contributed by atoms with Crippen LogP contribution >= 0.6 is 0 Å². The minimum Gasteiger partial charge on any atom is -0.465 e. The van der Waals surface area contributed by atoms with Crippen LogP contribution in [0, 0.1) is 22.7 Å². The molecule has 4 fully saturated rings. The number of esters is 8. The van der Waals surface area contributed by atoms with Gasteiger partial charge in [0.25, 0.3) is 0 Å². The number of carbonyl (C=O) groups excluding carboxylic acids is 8. The molecular weight excluding hydrogens is 1080 g/mol. The molecule has 0 amide bonds. The predicted molar refractivity (Wildman–Crippen MR) is 349 cm³/mol. The number of hydrogen-bond acceptors (Lipinski definition) is 16. The Morgan fingerprint density at radius 1 is 0.376 bits per heavy atom. The predicted octanol–water partition coefficient (Wildman–Crippen LogP) is 18.4. The van der Waals surface area contributed by atoms with Gasteiger partial charge in [-0.1, -0.05) is 140 Å². The van der Waals surface area contributed by atoms with Crippen LogP contribution < -0.4 is 0 Å². The third kappa shape index (κ3) is 37.9. The molecule has 0 aliphatic heterocycles. The molecule has 0 aromatic heterocycles. The Labute approximate surface area is 523 Å². The van der Waals surface area contributed by atoms with E-state index in [2.05, 4.69) is 0 Å². The molecule has 0 radical (unpaired) electrons. The monoisotopic (exact) mass is 1220 g/mol. The fourth-order valence-electron chi connectivity index (χ4n) is 9.33. The van der Waals surface area contributed by atoms with E-state index in [1.807, 2.05) is 83.1 Å². The van der Waals surface area contributed by atoms with Crippen molar-refractivity contribution in [3.63, 3.8) is 0 Å². The van der Waals surface area contributed by atoms with Crippen molar-refractivity contribution in [3.05, 3.63) is 0 Å². The van der Waals surface area contributed by atoms with Gasteiger partial charge in [0.2, 0.25) is 0 Å². The molecule has 16 heteroatoms. The molecule has 2 unspecified atom stereocenters. The zero-order valence-electron chi connectivity index (χ0n) is 50.6.